The van der Waals surface area contributed by atoms with Crippen LogP contribution in [0.2, 0.25) is 0 Å². The molecule has 2 aliphatic heterocycles. The number of piperidine rings is 1. The molecule has 2 saturated heterocycles. The fraction of sp³-hybridized carbons (Fsp3) is 0.667. The first-order valence-electron chi connectivity index (χ1n) is 9.83. The molecule has 27 heavy (non-hydrogen) atoms. The smallest absolute Gasteiger partial charge is 0.255 e. The lowest BCUT2D eigenvalue weighted by molar-refractivity contribution is -0.168. The lowest BCUT2D eigenvalue weighted by Crippen LogP contribution is -2.61. The maximum atomic E-state index is 12.5. The molecule has 1 aromatic rings. The van der Waals surface area contributed by atoms with Gasteiger partial charge in [0.25, 0.3) is 5.91 Å². The van der Waals surface area contributed by atoms with E-state index in [9.17, 15) is 9.90 Å². The van der Waals surface area contributed by atoms with Crippen LogP contribution in [0, 0.1) is 6.92 Å². The fourth-order valence-electron chi connectivity index (χ4n) is 4.27. The fourth-order valence-corrected chi connectivity index (χ4v) is 4.27. The molecule has 1 amide bonds. The van der Waals surface area contributed by atoms with Gasteiger partial charge in [0.15, 0.2) is 5.60 Å². The van der Waals surface area contributed by atoms with Crippen LogP contribution >= 0.6 is 0 Å². The molecule has 0 aliphatic carbocycles. The van der Waals surface area contributed by atoms with E-state index in [1.807, 2.05) is 6.92 Å². The molecule has 6 heteroatoms. The Bertz CT molecular complexity index is 670. The van der Waals surface area contributed by atoms with Gasteiger partial charge in [-0.25, -0.2) is 0 Å². The van der Waals surface area contributed by atoms with Crippen LogP contribution < -0.4 is 4.90 Å². The van der Waals surface area contributed by atoms with Crippen molar-refractivity contribution in [3.05, 3.63) is 29.8 Å². The molecule has 2 aliphatic rings. The van der Waals surface area contributed by atoms with Crippen molar-refractivity contribution >= 4 is 11.6 Å². The molecule has 1 atom stereocenters. The second-order valence-electron chi connectivity index (χ2n) is 8.54. The molecule has 150 valence electrons. The summed E-state index contributed by atoms with van der Waals surface area (Å²) in [6.45, 7) is 8.03. The first-order chi connectivity index (χ1) is 12.7. The summed E-state index contributed by atoms with van der Waals surface area (Å²) >= 11 is 0. The SMILES string of the molecule is Cc1cccc(N2CCC(O)(CN3CCO[C@@](C)(C(=O)N(C)C)C3)CC2)c1. The molecule has 0 bridgehead atoms. The summed E-state index contributed by atoms with van der Waals surface area (Å²) in [4.78, 5) is 18.6. The van der Waals surface area contributed by atoms with E-state index < -0.39 is 11.2 Å². The highest BCUT2D eigenvalue weighted by atomic mass is 16.5. The maximum Gasteiger partial charge on any atom is 0.255 e. The highest BCUT2D eigenvalue weighted by molar-refractivity contribution is 5.84. The van der Waals surface area contributed by atoms with Gasteiger partial charge in [0.05, 0.1) is 12.2 Å². The monoisotopic (exact) mass is 375 g/mol. The van der Waals surface area contributed by atoms with Gasteiger partial charge in [-0.1, -0.05) is 12.1 Å². The van der Waals surface area contributed by atoms with Crippen molar-refractivity contribution in [2.45, 2.75) is 37.9 Å². The topological polar surface area (TPSA) is 56.2 Å². The Balaban J connectivity index is 1.59. The van der Waals surface area contributed by atoms with Gasteiger partial charge in [0.1, 0.15) is 0 Å². The summed E-state index contributed by atoms with van der Waals surface area (Å²) in [5.74, 6) is -0.0199. The molecule has 6 nitrogen and oxygen atoms in total. The number of hydrogen-bond donors (Lipinski definition) is 1. The zero-order chi connectivity index (χ0) is 19.7. The molecule has 2 heterocycles. The molecular weight excluding hydrogens is 342 g/mol. The minimum Gasteiger partial charge on any atom is -0.388 e. The summed E-state index contributed by atoms with van der Waals surface area (Å²) in [5.41, 5.74) is 0.944. The van der Waals surface area contributed by atoms with Gasteiger partial charge in [-0.15, -0.1) is 0 Å². The van der Waals surface area contributed by atoms with Crippen LogP contribution in [0.1, 0.15) is 25.3 Å². The second-order valence-corrected chi connectivity index (χ2v) is 8.54. The van der Waals surface area contributed by atoms with E-state index in [0.717, 1.165) is 32.5 Å². The highest BCUT2D eigenvalue weighted by Gasteiger charge is 2.43. The van der Waals surface area contributed by atoms with Crippen LogP contribution in [-0.4, -0.2) is 85.4 Å². The summed E-state index contributed by atoms with van der Waals surface area (Å²) in [7, 11) is 3.51. The number of nitrogens with zero attached hydrogens (tertiary/aromatic N) is 3. The standard InChI is InChI=1S/C21H33N3O3/c1-17-6-5-7-18(14-17)24-10-8-21(26,9-11-24)16-23-12-13-27-20(2,15-23)19(25)22(3)4/h5-7,14,26H,8-13,15-16H2,1-4H3/t20-/m1/s1. The summed E-state index contributed by atoms with van der Waals surface area (Å²) in [6.07, 6.45) is 1.47. The third kappa shape index (κ3) is 4.62. The number of β-amino-alcohol motifs (C(OH)–C–C–N with tert-alkyl or cyclic N) is 1. The van der Waals surface area contributed by atoms with E-state index >= 15 is 0 Å². The van der Waals surface area contributed by atoms with Crippen LogP contribution in [0.4, 0.5) is 5.69 Å². The van der Waals surface area contributed by atoms with Crippen molar-refractivity contribution in [2.24, 2.45) is 0 Å². The maximum absolute atomic E-state index is 12.5. The average molecular weight is 376 g/mol. The number of amides is 1. The number of ether oxygens (including phenoxy) is 1. The third-order valence-electron chi connectivity index (χ3n) is 5.79. The Morgan fingerprint density at radius 2 is 1.96 bits per heavy atom. The van der Waals surface area contributed by atoms with E-state index in [2.05, 4.69) is 41.0 Å². The number of carbonyl (C=O) groups is 1. The predicted octanol–water partition coefficient (Wildman–Crippen LogP) is 1.51. The highest BCUT2D eigenvalue weighted by Crippen LogP contribution is 2.29. The Kier molecular flexibility index (Phi) is 5.79. The van der Waals surface area contributed by atoms with E-state index in [1.165, 1.54) is 11.3 Å². The molecule has 0 unspecified atom stereocenters. The van der Waals surface area contributed by atoms with Gasteiger partial charge in [-0.2, -0.15) is 0 Å². The zero-order valence-electron chi connectivity index (χ0n) is 17.1. The first-order valence-corrected chi connectivity index (χ1v) is 9.83. The molecule has 2 fully saturated rings. The van der Waals surface area contributed by atoms with Crippen LogP contribution in [-0.2, 0) is 9.53 Å². The van der Waals surface area contributed by atoms with Crippen molar-refractivity contribution in [1.82, 2.24) is 9.80 Å². The number of hydrogen-bond acceptors (Lipinski definition) is 5. The second kappa shape index (κ2) is 7.78. The van der Waals surface area contributed by atoms with E-state index in [1.54, 1.807) is 19.0 Å². The van der Waals surface area contributed by atoms with Crippen molar-refractivity contribution in [1.29, 1.82) is 0 Å². The summed E-state index contributed by atoms with van der Waals surface area (Å²) in [5, 5.41) is 11.2. The number of rotatable bonds is 4. The molecule has 0 radical (unpaired) electrons. The first kappa shape index (κ1) is 20.1. The normalized spacial score (nSPS) is 26.0. The van der Waals surface area contributed by atoms with Crippen LogP contribution in [0.25, 0.3) is 0 Å². The number of carbonyl (C=O) groups excluding carboxylic acids is 1. The van der Waals surface area contributed by atoms with Crippen molar-refractivity contribution in [2.75, 3.05) is 58.3 Å². The van der Waals surface area contributed by atoms with Gasteiger partial charge >= 0.3 is 0 Å². The molecule has 0 aromatic heterocycles. The number of benzene rings is 1. The number of morpholine rings is 1. The molecule has 0 saturated carbocycles. The molecule has 3 rings (SSSR count). The lowest BCUT2D eigenvalue weighted by Gasteiger charge is -2.45. The van der Waals surface area contributed by atoms with Gasteiger partial charge in [0.2, 0.25) is 0 Å². The van der Waals surface area contributed by atoms with Crippen LogP contribution in [0.5, 0.6) is 0 Å². The number of aryl methyl sites for hydroxylation is 1. The predicted molar refractivity (Wildman–Crippen MR) is 107 cm³/mol. The minimum absolute atomic E-state index is 0.0199. The summed E-state index contributed by atoms with van der Waals surface area (Å²) in [6, 6.07) is 8.53. The molecular formula is C21H33N3O3. The molecule has 0 spiro atoms. The van der Waals surface area contributed by atoms with E-state index in [4.69, 9.17) is 4.74 Å². The van der Waals surface area contributed by atoms with Crippen molar-refractivity contribution < 1.29 is 14.6 Å². The number of aliphatic hydroxyl groups is 1. The van der Waals surface area contributed by atoms with Crippen LogP contribution in [0.15, 0.2) is 24.3 Å². The van der Waals surface area contributed by atoms with Crippen LogP contribution in [0.3, 0.4) is 0 Å². The Morgan fingerprint density at radius 3 is 2.59 bits per heavy atom. The Morgan fingerprint density at radius 1 is 1.26 bits per heavy atom. The largest absolute Gasteiger partial charge is 0.388 e. The zero-order valence-corrected chi connectivity index (χ0v) is 17.1. The van der Waals surface area contributed by atoms with E-state index in [0.29, 0.717) is 19.7 Å². The van der Waals surface area contributed by atoms with E-state index in [-0.39, 0.29) is 5.91 Å². The lowest BCUT2D eigenvalue weighted by atomic mass is 9.89. The van der Waals surface area contributed by atoms with Crippen molar-refractivity contribution in [3.63, 3.8) is 0 Å². The van der Waals surface area contributed by atoms with Gasteiger partial charge in [-0.3, -0.25) is 9.69 Å². The number of likely N-dealkylation sites (N-methyl/N-ethyl adjacent to an activating group) is 1. The Labute approximate surface area is 162 Å². The average Bonchev–Trinajstić information content (AvgIpc) is 2.61. The molecule has 1 N–H and O–H groups in total. The van der Waals surface area contributed by atoms with Crippen molar-refractivity contribution in [3.8, 4) is 0 Å². The van der Waals surface area contributed by atoms with Gasteiger partial charge < -0.3 is 19.6 Å². The van der Waals surface area contributed by atoms with Gasteiger partial charge in [-0.05, 0) is 44.4 Å². The number of anilines is 1. The Hall–Kier alpha value is -1.63. The summed E-state index contributed by atoms with van der Waals surface area (Å²) < 4.78 is 5.80. The van der Waals surface area contributed by atoms with Gasteiger partial charge in [0, 0.05) is 52.5 Å². The molecule has 1 aromatic carbocycles. The minimum atomic E-state index is -0.833. The quantitative estimate of drug-likeness (QED) is 0.865. The third-order valence-corrected chi connectivity index (χ3v) is 5.79.